The molecule has 2 N–H and O–H groups in total. The number of carbonyl (C=O) groups is 2. The lowest BCUT2D eigenvalue weighted by Gasteiger charge is -2.21. The first-order valence-electron chi connectivity index (χ1n) is 8.50. The molecule has 0 saturated carbocycles. The molecule has 0 bridgehead atoms. The Labute approximate surface area is 149 Å². The maximum absolute atomic E-state index is 12.5. The number of nitrogens with one attached hydrogen (secondary N) is 2. The molecule has 4 nitrogen and oxygen atoms in total. The first kappa shape index (κ1) is 18.7. The van der Waals surface area contributed by atoms with Gasteiger partial charge in [-0.25, -0.2) is 0 Å². The van der Waals surface area contributed by atoms with Crippen molar-refractivity contribution in [1.29, 1.82) is 0 Å². The summed E-state index contributed by atoms with van der Waals surface area (Å²) in [5.41, 5.74) is 2.35. The Morgan fingerprint density at radius 1 is 0.880 bits per heavy atom. The molecule has 4 heteroatoms. The third-order valence-corrected chi connectivity index (χ3v) is 3.75. The molecule has 0 fully saturated rings. The number of amides is 2. The van der Waals surface area contributed by atoms with Gasteiger partial charge in [0, 0.05) is 11.1 Å². The van der Waals surface area contributed by atoms with Gasteiger partial charge in [0.2, 0.25) is 0 Å². The van der Waals surface area contributed by atoms with E-state index in [2.05, 4.69) is 24.5 Å². The third kappa shape index (κ3) is 5.18. The molecule has 0 spiro atoms. The lowest BCUT2D eigenvalue weighted by Crippen LogP contribution is -2.40. The fourth-order valence-corrected chi connectivity index (χ4v) is 2.41. The Kier molecular flexibility index (Phi) is 5.62. The Hall–Kier alpha value is -2.62. The van der Waals surface area contributed by atoms with Crippen molar-refractivity contribution in [3.8, 4) is 0 Å². The number of rotatable bonds is 4. The Morgan fingerprint density at radius 2 is 1.48 bits per heavy atom. The van der Waals surface area contributed by atoms with E-state index in [-0.39, 0.29) is 17.4 Å². The second-order valence-corrected chi connectivity index (χ2v) is 7.48. The van der Waals surface area contributed by atoms with Crippen LogP contribution in [-0.4, -0.2) is 17.4 Å². The second kappa shape index (κ2) is 7.51. The Bertz CT molecular complexity index is 756. The number of carbonyl (C=O) groups excluding carboxylic acids is 2. The minimum Gasteiger partial charge on any atom is -0.347 e. The molecule has 2 amide bonds. The number of hydrogen-bond donors (Lipinski definition) is 2. The first-order valence-corrected chi connectivity index (χ1v) is 8.50. The van der Waals surface area contributed by atoms with Crippen molar-refractivity contribution in [2.45, 2.75) is 46.1 Å². The van der Waals surface area contributed by atoms with E-state index in [1.807, 2.05) is 45.0 Å². The molecule has 0 radical (unpaired) electrons. The van der Waals surface area contributed by atoms with Gasteiger partial charge in [-0.05, 0) is 56.5 Å². The zero-order valence-corrected chi connectivity index (χ0v) is 15.5. The van der Waals surface area contributed by atoms with Crippen molar-refractivity contribution < 1.29 is 9.59 Å². The Morgan fingerprint density at radius 3 is 2.04 bits per heavy atom. The van der Waals surface area contributed by atoms with E-state index >= 15 is 0 Å². The zero-order valence-electron chi connectivity index (χ0n) is 15.5. The molecule has 0 unspecified atom stereocenters. The highest BCUT2D eigenvalue weighted by Crippen LogP contribution is 2.19. The summed E-state index contributed by atoms with van der Waals surface area (Å²) in [6.07, 6.45) is 0. The predicted molar refractivity (Wildman–Crippen MR) is 102 cm³/mol. The molecule has 0 aliphatic carbocycles. The molecule has 0 aromatic heterocycles. The molecule has 0 saturated heterocycles. The standard InChI is InChI=1S/C21H26N2O2/c1-14(2)15-10-12-16(13-11-15)19(24)22-18-9-7-6-8-17(18)20(25)23-21(3,4)5/h6-14H,1-5H3,(H,22,24)(H,23,25). The summed E-state index contributed by atoms with van der Waals surface area (Å²) >= 11 is 0. The Balaban J connectivity index is 2.20. The van der Waals surface area contributed by atoms with Gasteiger partial charge in [-0.15, -0.1) is 0 Å². The summed E-state index contributed by atoms with van der Waals surface area (Å²) in [7, 11) is 0. The molecule has 25 heavy (non-hydrogen) atoms. The summed E-state index contributed by atoms with van der Waals surface area (Å²) in [4.78, 5) is 25.0. The van der Waals surface area contributed by atoms with Gasteiger partial charge in [-0.2, -0.15) is 0 Å². The highest BCUT2D eigenvalue weighted by molar-refractivity contribution is 6.09. The van der Waals surface area contributed by atoms with Gasteiger partial charge < -0.3 is 10.6 Å². The fourth-order valence-electron chi connectivity index (χ4n) is 2.41. The van der Waals surface area contributed by atoms with Crippen LogP contribution in [0.3, 0.4) is 0 Å². The normalized spacial score (nSPS) is 11.3. The maximum atomic E-state index is 12.5. The van der Waals surface area contributed by atoms with Crippen LogP contribution in [-0.2, 0) is 0 Å². The summed E-state index contributed by atoms with van der Waals surface area (Å²) in [6.45, 7) is 9.98. The number of para-hydroxylation sites is 1. The largest absolute Gasteiger partial charge is 0.347 e. The topological polar surface area (TPSA) is 58.2 Å². The highest BCUT2D eigenvalue weighted by atomic mass is 16.2. The van der Waals surface area contributed by atoms with E-state index in [0.29, 0.717) is 22.7 Å². The van der Waals surface area contributed by atoms with Crippen molar-refractivity contribution in [3.63, 3.8) is 0 Å². The van der Waals surface area contributed by atoms with Crippen LogP contribution in [0.2, 0.25) is 0 Å². The first-order chi connectivity index (χ1) is 11.7. The van der Waals surface area contributed by atoms with Crippen LogP contribution in [0.25, 0.3) is 0 Å². The quantitative estimate of drug-likeness (QED) is 0.856. The highest BCUT2D eigenvalue weighted by Gasteiger charge is 2.19. The van der Waals surface area contributed by atoms with E-state index in [1.165, 1.54) is 5.56 Å². The lowest BCUT2D eigenvalue weighted by atomic mass is 10.0. The molecule has 2 rings (SSSR count). The lowest BCUT2D eigenvalue weighted by molar-refractivity contribution is 0.0920. The van der Waals surface area contributed by atoms with Crippen LogP contribution in [0.4, 0.5) is 5.69 Å². The molecule has 2 aromatic rings. The molecule has 0 atom stereocenters. The van der Waals surface area contributed by atoms with E-state index in [1.54, 1.807) is 24.3 Å². The minimum absolute atomic E-state index is 0.210. The molecule has 0 aliphatic heterocycles. The monoisotopic (exact) mass is 338 g/mol. The van der Waals surface area contributed by atoms with Crippen LogP contribution in [0, 0.1) is 0 Å². The molecular formula is C21H26N2O2. The van der Waals surface area contributed by atoms with Crippen molar-refractivity contribution in [2.75, 3.05) is 5.32 Å². The van der Waals surface area contributed by atoms with Gasteiger partial charge in [0.15, 0.2) is 0 Å². The minimum atomic E-state index is -0.346. The average Bonchev–Trinajstić information content (AvgIpc) is 2.53. The van der Waals surface area contributed by atoms with E-state index in [0.717, 1.165) is 0 Å². The maximum Gasteiger partial charge on any atom is 0.255 e. The van der Waals surface area contributed by atoms with Gasteiger partial charge in [-0.3, -0.25) is 9.59 Å². The second-order valence-electron chi connectivity index (χ2n) is 7.48. The van der Waals surface area contributed by atoms with Crippen molar-refractivity contribution >= 4 is 17.5 Å². The summed E-state index contributed by atoms with van der Waals surface area (Å²) < 4.78 is 0. The molecule has 0 aliphatic rings. The van der Waals surface area contributed by atoms with E-state index in [4.69, 9.17) is 0 Å². The van der Waals surface area contributed by atoms with Crippen LogP contribution in [0.5, 0.6) is 0 Å². The fraction of sp³-hybridized carbons (Fsp3) is 0.333. The van der Waals surface area contributed by atoms with Gasteiger partial charge in [0.05, 0.1) is 11.3 Å². The van der Waals surface area contributed by atoms with Gasteiger partial charge in [0.1, 0.15) is 0 Å². The van der Waals surface area contributed by atoms with Crippen molar-refractivity contribution in [3.05, 3.63) is 65.2 Å². The smallest absolute Gasteiger partial charge is 0.255 e. The summed E-state index contributed by atoms with van der Waals surface area (Å²) in [5.74, 6) is -0.0243. The SMILES string of the molecule is CC(C)c1ccc(C(=O)Nc2ccccc2C(=O)NC(C)(C)C)cc1. The van der Waals surface area contributed by atoms with Crippen LogP contribution in [0.15, 0.2) is 48.5 Å². The molecule has 132 valence electrons. The van der Waals surface area contributed by atoms with Crippen LogP contribution >= 0.6 is 0 Å². The third-order valence-electron chi connectivity index (χ3n) is 3.75. The number of benzene rings is 2. The van der Waals surface area contributed by atoms with Crippen LogP contribution < -0.4 is 10.6 Å². The number of anilines is 1. The van der Waals surface area contributed by atoms with Crippen molar-refractivity contribution in [2.24, 2.45) is 0 Å². The molecule has 2 aromatic carbocycles. The summed E-state index contributed by atoms with van der Waals surface area (Å²) in [5, 5.41) is 5.76. The zero-order chi connectivity index (χ0) is 18.6. The predicted octanol–water partition coefficient (Wildman–Crippen LogP) is 4.59. The van der Waals surface area contributed by atoms with E-state index in [9.17, 15) is 9.59 Å². The van der Waals surface area contributed by atoms with Crippen LogP contribution in [0.1, 0.15) is 66.8 Å². The van der Waals surface area contributed by atoms with Gasteiger partial charge in [0.25, 0.3) is 11.8 Å². The van der Waals surface area contributed by atoms with Gasteiger partial charge in [-0.1, -0.05) is 38.1 Å². The summed E-state index contributed by atoms with van der Waals surface area (Å²) in [6, 6.07) is 14.5. The van der Waals surface area contributed by atoms with Crippen molar-refractivity contribution in [1.82, 2.24) is 5.32 Å². The molecule has 0 heterocycles. The average molecular weight is 338 g/mol. The van der Waals surface area contributed by atoms with Gasteiger partial charge >= 0.3 is 0 Å². The molecular weight excluding hydrogens is 312 g/mol. The number of hydrogen-bond acceptors (Lipinski definition) is 2. The van der Waals surface area contributed by atoms with E-state index < -0.39 is 0 Å².